The van der Waals surface area contributed by atoms with Crippen LogP contribution < -0.4 is 5.56 Å². The van der Waals surface area contributed by atoms with Crippen LogP contribution in [0.5, 0.6) is 0 Å². The zero-order valence-corrected chi connectivity index (χ0v) is 12.6. The highest BCUT2D eigenvalue weighted by Gasteiger charge is 2.23. The van der Waals surface area contributed by atoms with E-state index in [0.717, 1.165) is 11.4 Å². The number of benzene rings is 2. The van der Waals surface area contributed by atoms with Gasteiger partial charge in [-0.15, -0.1) is 0 Å². The second kappa shape index (κ2) is 5.66. The van der Waals surface area contributed by atoms with Crippen LogP contribution in [0.1, 0.15) is 22.9 Å². The Morgan fingerprint density at radius 2 is 1.50 bits per heavy atom. The molecule has 0 bridgehead atoms. The van der Waals surface area contributed by atoms with Crippen molar-refractivity contribution in [1.82, 2.24) is 9.36 Å². The van der Waals surface area contributed by atoms with Crippen LogP contribution in [0.3, 0.4) is 0 Å². The van der Waals surface area contributed by atoms with Crippen molar-refractivity contribution in [3.05, 3.63) is 87.8 Å². The Kier molecular flexibility index (Phi) is 3.69. The molecule has 0 amide bonds. The fraction of sp³-hybridized carbons (Fsp3) is 0.167. The number of nitrogens with zero attached hydrogens (tertiary/aromatic N) is 2. The van der Waals surface area contributed by atoms with Crippen molar-refractivity contribution >= 4 is 0 Å². The monoisotopic (exact) mass is 294 g/mol. The van der Waals surface area contributed by atoms with Gasteiger partial charge in [-0.3, -0.25) is 9.48 Å². The Hall–Kier alpha value is -2.59. The molecule has 4 nitrogen and oxygen atoms in total. The number of hydrogen-bond acceptors (Lipinski definition) is 2. The zero-order valence-electron chi connectivity index (χ0n) is 12.6. The van der Waals surface area contributed by atoms with E-state index in [-0.39, 0.29) is 5.56 Å². The summed E-state index contributed by atoms with van der Waals surface area (Å²) in [7, 11) is 1.82. The summed E-state index contributed by atoms with van der Waals surface area (Å²) in [6.07, 6.45) is -0.926. The molecule has 1 unspecified atom stereocenters. The van der Waals surface area contributed by atoms with Crippen molar-refractivity contribution in [3.8, 4) is 5.69 Å². The van der Waals surface area contributed by atoms with Crippen LogP contribution in [0.15, 0.2) is 65.5 Å². The summed E-state index contributed by atoms with van der Waals surface area (Å²) in [6.45, 7) is 1.85. The van der Waals surface area contributed by atoms with Gasteiger partial charge in [0.15, 0.2) is 0 Å². The Morgan fingerprint density at radius 3 is 2.09 bits per heavy atom. The third-order valence-corrected chi connectivity index (χ3v) is 3.99. The Balaban J connectivity index is 2.17. The van der Waals surface area contributed by atoms with Gasteiger partial charge in [-0.2, -0.15) is 0 Å². The largest absolute Gasteiger partial charge is 0.383 e. The van der Waals surface area contributed by atoms with E-state index < -0.39 is 6.10 Å². The van der Waals surface area contributed by atoms with Crippen molar-refractivity contribution in [2.75, 3.05) is 0 Å². The molecule has 0 aliphatic rings. The van der Waals surface area contributed by atoms with Gasteiger partial charge in [0.25, 0.3) is 5.56 Å². The minimum atomic E-state index is -0.926. The summed E-state index contributed by atoms with van der Waals surface area (Å²) in [4.78, 5) is 12.8. The topological polar surface area (TPSA) is 47.2 Å². The van der Waals surface area contributed by atoms with E-state index in [2.05, 4.69) is 0 Å². The van der Waals surface area contributed by atoms with Crippen molar-refractivity contribution in [2.24, 2.45) is 7.05 Å². The fourth-order valence-corrected chi connectivity index (χ4v) is 2.71. The molecule has 0 aliphatic heterocycles. The van der Waals surface area contributed by atoms with Gasteiger partial charge in [-0.1, -0.05) is 48.5 Å². The maximum absolute atomic E-state index is 12.8. The number of rotatable bonds is 3. The third-order valence-electron chi connectivity index (χ3n) is 3.99. The normalized spacial score (nSPS) is 12.3. The highest BCUT2D eigenvalue weighted by molar-refractivity contribution is 5.37. The molecule has 112 valence electrons. The van der Waals surface area contributed by atoms with Crippen LogP contribution >= 0.6 is 0 Å². The van der Waals surface area contributed by atoms with Crippen LogP contribution in [-0.4, -0.2) is 14.5 Å². The van der Waals surface area contributed by atoms with E-state index in [9.17, 15) is 9.90 Å². The number of aliphatic hydroxyl groups is 1. The molecule has 0 radical (unpaired) electrons. The van der Waals surface area contributed by atoms with E-state index in [1.165, 1.54) is 0 Å². The molecule has 2 aromatic carbocycles. The molecule has 4 heteroatoms. The summed E-state index contributed by atoms with van der Waals surface area (Å²) in [5.74, 6) is 0. The number of hydrogen-bond donors (Lipinski definition) is 1. The van der Waals surface area contributed by atoms with Crippen molar-refractivity contribution in [3.63, 3.8) is 0 Å². The zero-order chi connectivity index (χ0) is 15.7. The van der Waals surface area contributed by atoms with Gasteiger partial charge in [0.05, 0.1) is 11.3 Å². The van der Waals surface area contributed by atoms with Crippen LogP contribution in [0.2, 0.25) is 0 Å². The average molecular weight is 294 g/mol. The summed E-state index contributed by atoms with van der Waals surface area (Å²) < 4.78 is 3.36. The number of aromatic nitrogens is 2. The van der Waals surface area contributed by atoms with Gasteiger partial charge >= 0.3 is 0 Å². The predicted octanol–water partition coefficient (Wildman–Crippen LogP) is 2.57. The van der Waals surface area contributed by atoms with E-state index in [4.69, 9.17) is 0 Å². The average Bonchev–Trinajstić information content (AvgIpc) is 2.78. The first-order valence-corrected chi connectivity index (χ1v) is 7.18. The number of aliphatic hydroxyl groups excluding tert-OH is 1. The highest BCUT2D eigenvalue weighted by Crippen LogP contribution is 2.23. The molecule has 0 aliphatic carbocycles. The molecule has 0 saturated carbocycles. The molecule has 22 heavy (non-hydrogen) atoms. The van der Waals surface area contributed by atoms with Crippen molar-refractivity contribution in [1.29, 1.82) is 0 Å². The quantitative estimate of drug-likeness (QED) is 0.807. The van der Waals surface area contributed by atoms with E-state index in [1.807, 2.05) is 74.6 Å². The maximum atomic E-state index is 12.8. The lowest BCUT2D eigenvalue weighted by atomic mass is 10.0. The second-order valence-corrected chi connectivity index (χ2v) is 5.29. The Labute approximate surface area is 128 Å². The molecular weight excluding hydrogens is 276 g/mol. The van der Waals surface area contributed by atoms with Crippen LogP contribution in [0.4, 0.5) is 0 Å². The number of para-hydroxylation sites is 1. The molecule has 1 atom stereocenters. The highest BCUT2D eigenvalue weighted by atomic mass is 16.3. The lowest BCUT2D eigenvalue weighted by molar-refractivity contribution is 0.218. The molecule has 1 heterocycles. The van der Waals surface area contributed by atoms with Crippen LogP contribution in [0.25, 0.3) is 5.69 Å². The standard InChI is InChI=1S/C18H18N2O2/c1-13-16(17(21)14-9-5-3-6-10-14)18(22)20(19(13)2)15-11-7-4-8-12-15/h3-12,17,21H,1-2H3. The Bertz CT molecular complexity index is 833. The van der Waals surface area contributed by atoms with E-state index in [0.29, 0.717) is 11.1 Å². The molecule has 3 rings (SSSR count). The van der Waals surface area contributed by atoms with Gasteiger partial charge in [0.1, 0.15) is 6.10 Å². The third kappa shape index (κ3) is 2.27. The smallest absolute Gasteiger partial charge is 0.277 e. The lowest BCUT2D eigenvalue weighted by Crippen LogP contribution is -2.22. The minimum Gasteiger partial charge on any atom is -0.383 e. The van der Waals surface area contributed by atoms with E-state index >= 15 is 0 Å². The summed E-state index contributed by atoms with van der Waals surface area (Å²) >= 11 is 0. The first kappa shape index (κ1) is 14.4. The second-order valence-electron chi connectivity index (χ2n) is 5.29. The molecule has 0 saturated heterocycles. The fourth-order valence-electron chi connectivity index (χ4n) is 2.71. The first-order valence-electron chi connectivity index (χ1n) is 7.18. The molecule has 1 N–H and O–H groups in total. The molecule has 1 aromatic heterocycles. The first-order chi connectivity index (χ1) is 10.6. The van der Waals surface area contributed by atoms with Crippen molar-refractivity contribution in [2.45, 2.75) is 13.0 Å². The molecule has 0 fully saturated rings. The predicted molar refractivity (Wildman–Crippen MR) is 86.3 cm³/mol. The molecule has 0 spiro atoms. The van der Waals surface area contributed by atoms with Gasteiger partial charge in [0.2, 0.25) is 0 Å². The lowest BCUT2D eigenvalue weighted by Gasteiger charge is -2.09. The van der Waals surface area contributed by atoms with Gasteiger partial charge in [-0.25, -0.2) is 4.68 Å². The van der Waals surface area contributed by atoms with Crippen LogP contribution in [-0.2, 0) is 7.05 Å². The maximum Gasteiger partial charge on any atom is 0.277 e. The minimum absolute atomic E-state index is 0.192. The van der Waals surface area contributed by atoms with Gasteiger partial charge in [0, 0.05) is 12.7 Å². The van der Waals surface area contributed by atoms with Gasteiger partial charge in [-0.05, 0) is 24.6 Å². The van der Waals surface area contributed by atoms with E-state index in [1.54, 1.807) is 9.36 Å². The molecular formula is C18H18N2O2. The Morgan fingerprint density at radius 1 is 0.955 bits per heavy atom. The summed E-state index contributed by atoms with van der Waals surface area (Å²) in [5, 5.41) is 10.6. The SMILES string of the molecule is Cc1c(C(O)c2ccccc2)c(=O)n(-c2ccccc2)n1C. The molecule has 3 aromatic rings. The van der Waals surface area contributed by atoms with Crippen LogP contribution in [0, 0.1) is 6.92 Å². The van der Waals surface area contributed by atoms with Gasteiger partial charge < -0.3 is 5.11 Å². The summed E-state index contributed by atoms with van der Waals surface area (Å²) in [6, 6.07) is 18.7. The summed E-state index contributed by atoms with van der Waals surface area (Å²) in [5.41, 5.74) is 2.48. The van der Waals surface area contributed by atoms with Crippen molar-refractivity contribution < 1.29 is 5.11 Å².